The summed E-state index contributed by atoms with van der Waals surface area (Å²) >= 11 is 0. The number of nitrogens with zero attached hydrogens (tertiary/aromatic N) is 2. The lowest BCUT2D eigenvalue weighted by molar-refractivity contribution is 0.183. The van der Waals surface area contributed by atoms with Gasteiger partial charge in [-0.25, -0.2) is 4.79 Å². The van der Waals surface area contributed by atoms with Gasteiger partial charge in [-0.2, -0.15) is 5.10 Å². The third-order valence-corrected chi connectivity index (χ3v) is 3.05. The van der Waals surface area contributed by atoms with Crippen LogP contribution in [0.5, 0.6) is 0 Å². The van der Waals surface area contributed by atoms with Crippen LogP contribution in [0.1, 0.15) is 31.7 Å². The fourth-order valence-electron chi connectivity index (χ4n) is 1.94. The molecule has 2 unspecified atom stereocenters. The molecule has 114 valence electrons. The number of aliphatic hydroxyl groups is 1. The quantitative estimate of drug-likeness (QED) is 0.703. The number of hydrogen-bond acceptors (Lipinski definition) is 3. The summed E-state index contributed by atoms with van der Waals surface area (Å²) in [6.45, 7) is 9.65. The van der Waals surface area contributed by atoms with E-state index in [0.29, 0.717) is 25.4 Å². The monoisotopic (exact) mass is 282 g/mol. The minimum Gasteiger partial charge on any atom is -0.393 e. The summed E-state index contributed by atoms with van der Waals surface area (Å²) in [6, 6.07) is 1.86. The highest BCUT2D eigenvalue weighted by Gasteiger charge is 2.09. The molecule has 6 heteroatoms. The Kier molecular flexibility index (Phi) is 6.51. The van der Waals surface area contributed by atoms with Gasteiger partial charge in [-0.1, -0.05) is 6.92 Å². The van der Waals surface area contributed by atoms with Gasteiger partial charge in [0.05, 0.1) is 11.8 Å². The molecule has 0 radical (unpaired) electrons. The van der Waals surface area contributed by atoms with Gasteiger partial charge in [0.15, 0.2) is 0 Å². The van der Waals surface area contributed by atoms with Crippen LogP contribution in [0.25, 0.3) is 0 Å². The van der Waals surface area contributed by atoms with Crippen LogP contribution >= 0.6 is 0 Å². The normalized spacial score (nSPS) is 13.8. The lowest BCUT2D eigenvalue weighted by Gasteiger charge is -2.14. The standard InChI is InChI=1S/C14H26N4O2/c1-10(9-18-12(3)7-11(2)17-18)8-16-14(20)15-6-5-13(4)19/h7,10,13,19H,5-6,8-9H2,1-4H3,(H2,15,16,20). The summed E-state index contributed by atoms with van der Waals surface area (Å²) in [4.78, 5) is 11.5. The summed E-state index contributed by atoms with van der Waals surface area (Å²) in [5.41, 5.74) is 2.15. The van der Waals surface area contributed by atoms with Crippen molar-refractivity contribution in [3.05, 3.63) is 17.5 Å². The number of carbonyl (C=O) groups excluding carboxylic acids is 1. The zero-order chi connectivity index (χ0) is 15.1. The largest absolute Gasteiger partial charge is 0.393 e. The summed E-state index contributed by atoms with van der Waals surface area (Å²) in [5, 5.41) is 19.0. The molecule has 0 spiro atoms. The van der Waals surface area contributed by atoms with E-state index in [4.69, 9.17) is 5.11 Å². The van der Waals surface area contributed by atoms with Crippen LogP contribution in [-0.4, -0.2) is 40.1 Å². The molecule has 6 nitrogen and oxygen atoms in total. The third kappa shape index (κ3) is 6.06. The first kappa shape index (κ1) is 16.5. The van der Waals surface area contributed by atoms with Crippen LogP contribution < -0.4 is 10.6 Å². The fourth-order valence-corrected chi connectivity index (χ4v) is 1.94. The molecule has 0 aliphatic heterocycles. The van der Waals surface area contributed by atoms with Crippen molar-refractivity contribution in [2.45, 2.75) is 46.8 Å². The van der Waals surface area contributed by atoms with Gasteiger partial charge in [-0.3, -0.25) is 4.68 Å². The zero-order valence-electron chi connectivity index (χ0n) is 12.8. The number of hydrogen-bond donors (Lipinski definition) is 3. The Balaban J connectivity index is 2.24. The van der Waals surface area contributed by atoms with Crippen LogP contribution in [0.3, 0.4) is 0 Å². The van der Waals surface area contributed by atoms with Crippen LogP contribution in [-0.2, 0) is 6.54 Å². The van der Waals surface area contributed by atoms with E-state index < -0.39 is 0 Å². The van der Waals surface area contributed by atoms with Crippen molar-refractivity contribution in [1.82, 2.24) is 20.4 Å². The molecule has 0 aromatic carbocycles. The maximum absolute atomic E-state index is 11.5. The first-order valence-corrected chi connectivity index (χ1v) is 7.09. The first-order chi connectivity index (χ1) is 9.38. The van der Waals surface area contributed by atoms with E-state index >= 15 is 0 Å². The van der Waals surface area contributed by atoms with Crippen molar-refractivity contribution in [3.8, 4) is 0 Å². The molecule has 0 saturated carbocycles. The molecule has 0 fully saturated rings. The van der Waals surface area contributed by atoms with Gasteiger partial charge in [0, 0.05) is 25.3 Å². The average molecular weight is 282 g/mol. The number of amides is 2. The van der Waals surface area contributed by atoms with E-state index in [0.717, 1.165) is 17.9 Å². The summed E-state index contributed by atoms with van der Waals surface area (Å²) in [6.07, 6.45) is 0.176. The molecule has 2 atom stereocenters. The molecule has 20 heavy (non-hydrogen) atoms. The van der Waals surface area contributed by atoms with Gasteiger partial charge in [0.25, 0.3) is 0 Å². The number of rotatable bonds is 7. The smallest absolute Gasteiger partial charge is 0.314 e. The molecule has 0 saturated heterocycles. The maximum Gasteiger partial charge on any atom is 0.314 e. The number of aromatic nitrogens is 2. The third-order valence-electron chi connectivity index (χ3n) is 3.05. The van der Waals surface area contributed by atoms with Crippen molar-refractivity contribution in [1.29, 1.82) is 0 Å². The molecular weight excluding hydrogens is 256 g/mol. The summed E-state index contributed by atoms with van der Waals surface area (Å²) < 4.78 is 1.97. The van der Waals surface area contributed by atoms with E-state index in [9.17, 15) is 4.79 Å². The minimum absolute atomic E-state index is 0.189. The highest BCUT2D eigenvalue weighted by atomic mass is 16.3. The summed E-state index contributed by atoms with van der Waals surface area (Å²) in [5.74, 6) is 0.301. The second kappa shape index (κ2) is 7.89. The van der Waals surface area contributed by atoms with E-state index in [1.807, 2.05) is 24.6 Å². The van der Waals surface area contributed by atoms with Gasteiger partial charge in [0.2, 0.25) is 0 Å². The predicted octanol–water partition coefficient (Wildman–Crippen LogP) is 1.21. The van der Waals surface area contributed by atoms with Crippen molar-refractivity contribution in [2.24, 2.45) is 5.92 Å². The first-order valence-electron chi connectivity index (χ1n) is 7.09. The van der Waals surface area contributed by atoms with Crippen LogP contribution in [0.2, 0.25) is 0 Å². The Hall–Kier alpha value is -1.56. The SMILES string of the molecule is Cc1cc(C)n(CC(C)CNC(=O)NCCC(C)O)n1. The second-order valence-electron chi connectivity index (χ2n) is 5.49. The van der Waals surface area contributed by atoms with Crippen molar-refractivity contribution < 1.29 is 9.90 Å². The Morgan fingerprint density at radius 1 is 1.40 bits per heavy atom. The molecule has 3 N–H and O–H groups in total. The molecule has 0 aliphatic rings. The zero-order valence-corrected chi connectivity index (χ0v) is 12.8. The topological polar surface area (TPSA) is 79.2 Å². The molecule has 2 amide bonds. The van der Waals surface area contributed by atoms with E-state index in [-0.39, 0.29) is 12.1 Å². The molecule has 0 aliphatic carbocycles. The van der Waals surface area contributed by atoms with E-state index in [1.165, 1.54) is 0 Å². The second-order valence-corrected chi connectivity index (χ2v) is 5.49. The summed E-state index contributed by atoms with van der Waals surface area (Å²) in [7, 11) is 0. The molecule has 1 aromatic rings. The van der Waals surface area contributed by atoms with Gasteiger partial charge >= 0.3 is 6.03 Å². The van der Waals surface area contributed by atoms with Crippen LogP contribution in [0.4, 0.5) is 4.79 Å². The molecule has 1 heterocycles. The number of carbonyl (C=O) groups is 1. The Morgan fingerprint density at radius 3 is 2.65 bits per heavy atom. The molecule has 1 aromatic heterocycles. The van der Waals surface area contributed by atoms with Crippen molar-refractivity contribution >= 4 is 6.03 Å². The van der Waals surface area contributed by atoms with Gasteiger partial charge in [-0.15, -0.1) is 0 Å². The minimum atomic E-state index is -0.389. The van der Waals surface area contributed by atoms with Gasteiger partial charge in [-0.05, 0) is 39.2 Å². The van der Waals surface area contributed by atoms with Crippen molar-refractivity contribution in [3.63, 3.8) is 0 Å². The lowest BCUT2D eigenvalue weighted by Crippen LogP contribution is -2.39. The van der Waals surface area contributed by atoms with Crippen molar-refractivity contribution in [2.75, 3.05) is 13.1 Å². The van der Waals surface area contributed by atoms with Crippen LogP contribution in [0.15, 0.2) is 6.07 Å². The van der Waals surface area contributed by atoms with E-state index in [1.54, 1.807) is 6.92 Å². The lowest BCUT2D eigenvalue weighted by atomic mass is 10.2. The average Bonchev–Trinajstić information content (AvgIpc) is 2.65. The molecule has 0 bridgehead atoms. The Labute approximate surface area is 120 Å². The highest BCUT2D eigenvalue weighted by Crippen LogP contribution is 2.05. The maximum atomic E-state index is 11.5. The predicted molar refractivity (Wildman–Crippen MR) is 78.6 cm³/mol. The van der Waals surface area contributed by atoms with Crippen LogP contribution in [0, 0.1) is 19.8 Å². The number of nitrogens with one attached hydrogen (secondary N) is 2. The van der Waals surface area contributed by atoms with Gasteiger partial charge in [0.1, 0.15) is 0 Å². The Morgan fingerprint density at radius 2 is 2.10 bits per heavy atom. The highest BCUT2D eigenvalue weighted by molar-refractivity contribution is 5.73. The molecule has 1 rings (SSSR count). The fraction of sp³-hybridized carbons (Fsp3) is 0.714. The molecular formula is C14H26N4O2. The Bertz CT molecular complexity index is 429. The van der Waals surface area contributed by atoms with Gasteiger partial charge < -0.3 is 15.7 Å². The number of aryl methyl sites for hydroxylation is 2. The number of urea groups is 1. The van der Waals surface area contributed by atoms with E-state index in [2.05, 4.69) is 22.7 Å². The number of aliphatic hydroxyl groups excluding tert-OH is 1.